The van der Waals surface area contributed by atoms with Gasteiger partial charge in [0.25, 0.3) is 5.91 Å². The molecule has 0 bridgehead atoms. The van der Waals surface area contributed by atoms with Gasteiger partial charge in [-0.25, -0.2) is 0 Å². The number of anilines is 1. The third-order valence-corrected chi connectivity index (χ3v) is 4.10. The topological polar surface area (TPSA) is 72.5 Å². The minimum atomic E-state index is -0.593. The van der Waals surface area contributed by atoms with E-state index in [2.05, 4.69) is 5.32 Å². The van der Waals surface area contributed by atoms with E-state index >= 15 is 0 Å². The third kappa shape index (κ3) is 5.50. The van der Waals surface area contributed by atoms with Gasteiger partial charge in [-0.3, -0.25) is 14.4 Å². The van der Waals surface area contributed by atoms with Crippen LogP contribution < -0.4 is 5.32 Å². The molecule has 2 aromatic rings. The first-order valence-electron chi connectivity index (χ1n) is 6.83. The van der Waals surface area contributed by atoms with Crippen LogP contribution in [0.25, 0.3) is 0 Å². The summed E-state index contributed by atoms with van der Waals surface area (Å²) in [5.74, 6) is -1.20. The van der Waals surface area contributed by atoms with Crippen molar-refractivity contribution in [3.05, 3.63) is 51.7 Å². The Morgan fingerprint density at radius 2 is 1.87 bits per heavy atom. The number of Topliss-reactive ketones (excluding diaryl/α,β-unsaturated/α-hetero) is 1. The normalized spacial score (nSPS) is 10.1. The van der Waals surface area contributed by atoms with Gasteiger partial charge in [0, 0.05) is 6.42 Å². The predicted molar refractivity (Wildman–Crippen MR) is 88.9 cm³/mol. The Bertz CT molecular complexity index is 700. The van der Waals surface area contributed by atoms with Crippen molar-refractivity contribution in [2.24, 2.45) is 0 Å². The summed E-state index contributed by atoms with van der Waals surface area (Å²) in [5.41, 5.74) is 0.447. The smallest absolute Gasteiger partial charge is 0.306 e. The summed E-state index contributed by atoms with van der Waals surface area (Å²) < 4.78 is 4.84. The number of ether oxygens (including phenoxy) is 1. The van der Waals surface area contributed by atoms with Gasteiger partial charge in [-0.1, -0.05) is 29.8 Å². The van der Waals surface area contributed by atoms with E-state index in [9.17, 15) is 14.4 Å². The number of nitrogens with one attached hydrogen (secondary N) is 1. The van der Waals surface area contributed by atoms with Crippen LogP contribution in [0.5, 0.6) is 0 Å². The van der Waals surface area contributed by atoms with Gasteiger partial charge in [0.2, 0.25) is 0 Å². The number of rotatable bonds is 7. The molecule has 120 valence electrons. The average molecular weight is 352 g/mol. The molecule has 5 nitrogen and oxygen atoms in total. The summed E-state index contributed by atoms with van der Waals surface area (Å²) in [6.45, 7) is -0.419. The van der Waals surface area contributed by atoms with Crippen LogP contribution in [0, 0.1) is 0 Å². The lowest BCUT2D eigenvalue weighted by Gasteiger charge is -2.07. The van der Waals surface area contributed by atoms with E-state index in [-0.39, 0.29) is 18.6 Å². The summed E-state index contributed by atoms with van der Waals surface area (Å²) in [6, 6.07) is 10.2. The molecule has 1 heterocycles. The molecule has 0 fully saturated rings. The average Bonchev–Trinajstić information content (AvgIpc) is 3.07. The highest BCUT2D eigenvalue weighted by Crippen LogP contribution is 2.20. The molecular weight excluding hydrogens is 338 g/mol. The molecule has 0 saturated carbocycles. The number of amides is 1. The lowest BCUT2D eigenvalue weighted by molar-refractivity contribution is -0.147. The number of carbonyl (C=O) groups excluding carboxylic acids is 3. The molecule has 0 atom stereocenters. The molecule has 0 aliphatic carbocycles. The number of hydrogen-bond acceptors (Lipinski definition) is 5. The first kappa shape index (κ1) is 17.2. The molecule has 0 aliphatic rings. The fourth-order valence-electron chi connectivity index (χ4n) is 1.74. The van der Waals surface area contributed by atoms with E-state index < -0.39 is 18.5 Å². The molecule has 1 aromatic heterocycles. The van der Waals surface area contributed by atoms with Gasteiger partial charge in [-0.05, 0) is 23.6 Å². The first-order chi connectivity index (χ1) is 11.1. The van der Waals surface area contributed by atoms with Crippen molar-refractivity contribution >= 4 is 46.3 Å². The molecule has 7 heteroatoms. The zero-order valence-corrected chi connectivity index (χ0v) is 13.7. The van der Waals surface area contributed by atoms with Gasteiger partial charge in [-0.15, -0.1) is 11.3 Å². The van der Waals surface area contributed by atoms with Crippen LogP contribution in [-0.2, 0) is 14.3 Å². The van der Waals surface area contributed by atoms with E-state index in [1.165, 1.54) is 11.3 Å². The maximum atomic E-state index is 11.7. The summed E-state index contributed by atoms with van der Waals surface area (Å²) in [5, 5.41) is 4.73. The quantitative estimate of drug-likeness (QED) is 0.611. The van der Waals surface area contributed by atoms with E-state index in [0.717, 1.165) is 0 Å². The summed E-state index contributed by atoms with van der Waals surface area (Å²) >= 11 is 7.23. The van der Waals surface area contributed by atoms with Gasteiger partial charge >= 0.3 is 5.97 Å². The van der Waals surface area contributed by atoms with Crippen molar-refractivity contribution in [1.29, 1.82) is 0 Å². The van der Waals surface area contributed by atoms with Crippen molar-refractivity contribution in [1.82, 2.24) is 0 Å². The van der Waals surface area contributed by atoms with Crippen LogP contribution >= 0.6 is 22.9 Å². The Labute approximate surface area is 142 Å². The lowest BCUT2D eigenvalue weighted by atomic mass is 10.2. The van der Waals surface area contributed by atoms with Crippen LogP contribution in [0.15, 0.2) is 41.8 Å². The summed E-state index contributed by atoms with van der Waals surface area (Å²) in [6.07, 6.45) is 0.00157. The van der Waals surface area contributed by atoms with Gasteiger partial charge in [-0.2, -0.15) is 0 Å². The van der Waals surface area contributed by atoms with Gasteiger partial charge in [0.15, 0.2) is 12.4 Å². The molecular formula is C16H14ClNO4S. The Morgan fingerprint density at radius 3 is 2.57 bits per heavy atom. The van der Waals surface area contributed by atoms with Crippen molar-refractivity contribution in [3.63, 3.8) is 0 Å². The zero-order valence-electron chi connectivity index (χ0n) is 12.1. The number of ketones is 1. The van der Waals surface area contributed by atoms with E-state index in [1.807, 2.05) is 0 Å². The zero-order chi connectivity index (χ0) is 16.7. The summed E-state index contributed by atoms with van der Waals surface area (Å²) in [7, 11) is 0. The van der Waals surface area contributed by atoms with Gasteiger partial charge in [0.1, 0.15) is 0 Å². The van der Waals surface area contributed by atoms with Crippen molar-refractivity contribution in [2.75, 3.05) is 11.9 Å². The van der Waals surface area contributed by atoms with Crippen LogP contribution in [0.4, 0.5) is 5.69 Å². The predicted octanol–water partition coefficient (Wildman–Crippen LogP) is 3.55. The second-order valence-corrected chi connectivity index (χ2v) is 5.94. The Hall–Kier alpha value is -2.18. The van der Waals surface area contributed by atoms with Crippen LogP contribution in [-0.4, -0.2) is 24.3 Å². The number of esters is 1. The second-order valence-electron chi connectivity index (χ2n) is 4.59. The molecule has 23 heavy (non-hydrogen) atoms. The number of halogens is 1. The van der Waals surface area contributed by atoms with Gasteiger partial charge < -0.3 is 10.1 Å². The Balaban J connectivity index is 1.71. The molecule has 0 spiro atoms. The fraction of sp³-hybridized carbons (Fsp3) is 0.188. The van der Waals surface area contributed by atoms with E-state index in [0.29, 0.717) is 15.6 Å². The Morgan fingerprint density at radius 1 is 1.09 bits per heavy atom. The molecule has 2 rings (SSSR count). The maximum Gasteiger partial charge on any atom is 0.306 e. The highest BCUT2D eigenvalue weighted by Gasteiger charge is 2.13. The standard InChI is InChI=1S/C16H14ClNO4S/c17-11-4-1-2-5-12(11)18-15(20)10-22-16(21)8-7-13(19)14-6-3-9-23-14/h1-6,9H,7-8,10H2,(H,18,20). The molecule has 1 amide bonds. The number of benzene rings is 1. The van der Waals surface area contributed by atoms with Crippen LogP contribution in [0.3, 0.4) is 0 Å². The van der Waals surface area contributed by atoms with Crippen LogP contribution in [0.1, 0.15) is 22.5 Å². The minimum absolute atomic E-state index is 0.0594. The maximum absolute atomic E-state index is 11.7. The number of thiophene rings is 1. The Kier molecular flexibility index (Phi) is 6.31. The molecule has 0 unspecified atom stereocenters. The monoisotopic (exact) mass is 351 g/mol. The highest BCUT2D eigenvalue weighted by atomic mass is 35.5. The number of para-hydroxylation sites is 1. The lowest BCUT2D eigenvalue weighted by Crippen LogP contribution is -2.21. The third-order valence-electron chi connectivity index (χ3n) is 2.86. The van der Waals surface area contributed by atoms with Crippen LogP contribution in [0.2, 0.25) is 5.02 Å². The second kappa shape index (κ2) is 8.45. The van der Waals surface area contributed by atoms with Crippen molar-refractivity contribution in [3.8, 4) is 0 Å². The summed E-state index contributed by atoms with van der Waals surface area (Å²) in [4.78, 5) is 35.6. The van der Waals surface area contributed by atoms with E-state index in [1.54, 1.807) is 41.8 Å². The SMILES string of the molecule is O=C(COC(=O)CCC(=O)c1cccs1)Nc1ccccc1Cl. The minimum Gasteiger partial charge on any atom is -0.456 e. The van der Waals surface area contributed by atoms with E-state index in [4.69, 9.17) is 16.3 Å². The number of carbonyl (C=O) groups is 3. The highest BCUT2D eigenvalue weighted by molar-refractivity contribution is 7.12. The first-order valence-corrected chi connectivity index (χ1v) is 8.08. The van der Waals surface area contributed by atoms with Crippen molar-refractivity contribution < 1.29 is 19.1 Å². The number of hydrogen-bond donors (Lipinski definition) is 1. The molecule has 0 radical (unpaired) electrons. The van der Waals surface area contributed by atoms with Gasteiger partial charge in [0.05, 0.1) is 22.0 Å². The molecule has 1 N–H and O–H groups in total. The molecule has 0 saturated heterocycles. The molecule has 0 aliphatic heterocycles. The largest absolute Gasteiger partial charge is 0.456 e. The molecule has 1 aromatic carbocycles. The van der Waals surface area contributed by atoms with Crippen molar-refractivity contribution in [2.45, 2.75) is 12.8 Å². The fourth-order valence-corrected chi connectivity index (χ4v) is 2.62.